The second-order valence-electron chi connectivity index (χ2n) is 7.45. The average molecular weight is 445 g/mol. The number of methoxy groups -OCH3 is 1. The summed E-state index contributed by atoms with van der Waals surface area (Å²) in [6.45, 7) is 3.67. The molecule has 2 N–H and O–H groups in total. The van der Waals surface area contributed by atoms with Crippen molar-refractivity contribution in [1.29, 1.82) is 0 Å². The first-order valence-electron chi connectivity index (χ1n) is 9.76. The van der Waals surface area contributed by atoms with E-state index >= 15 is 0 Å². The van der Waals surface area contributed by atoms with Crippen LogP contribution in [0.4, 0.5) is 0 Å². The molecule has 0 aromatic rings. The van der Waals surface area contributed by atoms with E-state index < -0.39 is 42.3 Å². The van der Waals surface area contributed by atoms with Crippen LogP contribution in [-0.2, 0) is 28.7 Å². The Morgan fingerprint density at radius 2 is 1.87 bits per heavy atom. The maximum atomic E-state index is 13.0. The number of hydrogen-bond donors (Lipinski definition) is 2. The molecule has 1 heterocycles. The van der Waals surface area contributed by atoms with Gasteiger partial charge in [-0.1, -0.05) is 13.8 Å². The minimum Gasteiger partial charge on any atom is -0.550 e. The van der Waals surface area contributed by atoms with Crippen molar-refractivity contribution in [2.75, 3.05) is 25.7 Å². The SMILES string of the molecule is COC(=O)[C@H](NC(=O)[C@@H]1C[C@@H](NC(=O)CSC)CCN1C(=O)CCC(=O)[O-])C(C)C. The Morgan fingerprint density at radius 3 is 2.40 bits per heavy atom. The maximum Gasteiger partial charge on any atom is 0.328 e. The van der Waals surface area contributed by atoms with Gasteiger partial charge in [0.2, 0.25) is 17.7 Å². The van der Waals surface area contributed by atoms with Crippen molar-refractivity contribution in [3.05, 3.63) is 0 Å². The zero-order valence-electron chi connectivity index (χ0n) is 17.8. The fraction of sp³-hybridized carbons (Fsp3) is 0.737. The Morgan fingerprint density at radius 1 is 1.20 bits per heavy atom. The largest absolute Gasteiger partial charge is 0.550 e. The normalized spacial score (nSPS) is 19.7. The van der Waals surface area contributed by atoms with Gasteiger partial charge in [-0.05, 0) is 31.4 Å². The summed E-state index contributed by atoms with van der Waals surface area (Å²) in [5, 5.41) is 16.2. The molecule has 0 aromatic carbocycles. The van der Waals surface area contributed by atoms with Crippen LogP contribution in [0.25, 0.3) is 0 Å². The topological polar surface area (TPSA) is 145 Å². The zero-order valence-corrected chi connectivity index (χ0v) is 18.6. The number of carbonyl (C=O) groups excluding carboxylic acids is 5. The number of carboxylic acids is 1. The number of rotatable bonds is 10. The van der Waals surface area contributed by atoms with Gasteiger partial charge in [-0.25, -0.2) is 4.79 Å². The van der Waals surface area contributed by atoms with Crippen LogP contribution < -0.4 is 15.7 Å². The molecule has 3 amide bonds. The summed E-state index contributed by atoms with van der Waals surface area (Å²) in [6, 6.07) is -2.16. The molecule has 0 spiro atoms. The standard InChI is InChI=1S/C19H31N3O7S/c1-11(2)17(19(28)29-3)21-18(27)13-9-12(20-14(23)10-30-4)7-8-22(13)15(24)5-6-16(25)26/h11-13,17H,5-10H2,1-4H3,(H,20,23)(H,21,27)(H,25,26)/p-1/t12-,13-,17+/m0/s1. The van der Waals surface area contributed by atoms with E-state index in [0.29, 0.717) is 6.42 Å². The van der Waals surface area contributed by atoms with Crippen LogP contribution in [0, 0.1) is 5.92 Å². The number of likely N-dealkylation sites (tertiary alicyclic amines) is 1. The third-order valence-electron chi connectivity index (χ3n) is 4.83. The summed E-state index contributed by atoms with van der Waals surface area (Å²) in [5.74, 6) is -3.14. The second kappa shape index (κ2) is 12.4. The number of aliphatic carboxylic acids is 1. The molecular weight excluding hydrogens is 414 g/mol. The Kier molecular flexibility index (Phi) is 10.6. The molecule has 0 radical (unpaired) electrons. The van der Waals surface area contributed by atoms with Crippen molar-refractivity contribution in [2.24, 2.45) is 5.92 Å². The molecular formula is C19H30N3O7S-. The molecule has 30 heavy (non-hydrogen) atoms. The quantitative estimate of drug-likeness (QED) is 0.394. The number of carbonyl (C=O) groups is 5. The van der Waals surface area contributed by atoms with E-state index in [0.717, 1.165) is 0 Å². The molecule has 0 saturated carbocycles. The third-order valence-corrected chi connectivity index (χ3v) is 5.38. The van der Waals surface area contributed by atoms with E-state index in [1.807, 2.05) is 0 Å². The smallest absolute Gasteiger partial charge is 0.328 e. The molecule has 1 saturated heterocycles. The lowest BCUT2D eigenvalue weighted by atomic mass is 9.94. The lowest BCUT2D eigenvalue weighted by molar-refractivity contribution is -0.305. The van der Waals surface area contributed by atoms with E-state index in [1.165, 1.54) is 23.8 Å². The average Bonchev–Trinajstić information content (AvgIpc) is 2.69. The van der Waals surface area contributed by atoms with Gasteiger partial charge < -0.3 is 30.2 Å². The van der Waals surface area contributed by atoms with E-state index in [9.17, 15) is 29.1 Å². The molecule has 1 aliphatic rings. The van der Waals surface area contributed by atoms with E-state index in [1.54, 1.807) is 20.1 Å². The second-order valence-corrected chi connectivity index (χ2v) is 8.32. The van der Waals surface area contributed by atoms with Gasteiger partial charge in [0, 0.05) is 25.0 Å². The van der Waals surface area contributed by atoms with Gasteiger partial charge in [0.15, 0.2) is 0 Å². The first-order valence-corrected chi connectivity index (χ1v) is 11.2. The van der Waals surface area contributed by atoms with Gasteiger partial charge in [0.05, 0.1) is 12.9 Å². The van der Waals surface area contributed by atoms with Crippen molar-refractivity contribution in [3.63, 3.8) is 0 Å². The third kappa shape index (κ3) is 7.85. The number of amides is 3. The van der Waals surface area contributed by atoms with Crippen molar-refractivity contribution >= 4 is 41.4 Å². The van der Waals surface area contributed by atoms with Gasteiger partial charge in [-0.3, -0.25) is 14.4 Å². The van der Waals surface area contributed by atoms with Crippen molar-refractivity contribution in [3.8, 4) is 0 Å². The number of carboxylic acid groups (broad SMARTS) is 1. The fourth-order valence-corrected chi connectivity index (χ4v) is 3.62. The summed E-state index contributed by atoms with van der Waals surface area (Å²) < 4.78 is 4.74. The molecule has 170 valence electrons. The lowest BCUT2D eigenvalue weighted by Crippen LogP contribution is -2.59. The van der Waals surface area contributed by atoms with Gasteiger partial charge >= 0.3 is 5.97 Å². The van der Waals surface area contributed by atoms with E-state index in [2.05, 4.69) is 10.6 Å². The van der Waals surface area contributed by atoms with Crippen molar-refractivity contribution in [2.45, 2.75) is 57.7 Å². The van der Waals surface area contributed by atoms with Crippen LogP contribution in [0.2, 0.25) is 0 Å². The zero-order chi connectivity index (χ0) is 22.8. The van der Waals surface area contributed by atoms with Gasteiger partial charge in [0.25, 0.3) is 0 Å². The minimum absolute atomic E-state index is 0.162. The Bertz CT molecular complexity index is 656. The molecule has 1 aliphatic heterocycles. The molecule has 0 aromatic heterocycles. The lowest BCUT2D eigenvalue weighted by Gasteiger charge is -2.39. The molecule has 0 unspecified atom stereocenters. The molecule has 0 aliphatic carbocycles. The number of nitrogens with zero attached hydrogens (tertiary/aromatic N) is 1. The number of hydrogen-bond acceptors (Lipinski definition) is 8. The predicted octanol–water partition coefficient (Wildman–Crippen LogP) is -1.33. The molecule has 10 nitrogen and oxygen atoms in total. The van der Waals surface area contributed by atoms with Crippen molar-refractivity contribution < 1.29 is 33.8 Å². The van der Waals surface area contributed by atoms with Crippen molar-refractivity contribution in [1.82, 2.24) is 15.5 Å². The highest BCUT2D eigenvalue weighted by Gasteiger charge is 2.38. The number of esters is 1. The highest BCUT2D eigenvalue weighted by molar-refractivity contribution is 7.99. The molecule has 3 atom stereocenters. The summed E-state index contributed by atoms with van der Waals surface area (Å²) in [6.07, 6.45) is 1.66. The molecule has 0 bridgehead atoms. The summed E-state index contributed by atoms with van der Waals surface area (Å²) in [4.78, 5) is 61.5. The Labute approximate surface area is 180 Å². The fourth-order valence-electron chi connectivity index (χ4n) is 3.27. The highest BCUT2D eigenvalue weighted by atomic mass is 32.2. The Hall–Kier alpha value is -2.30. The number of thioether (sulfide) groups is 1. The Balaban J connectivity index is 2.98. The monoisotopic (exact) mass is 444 g/mol. The maximum absolute atomic E-state index is 13.0. The minimum atomic E-state index is -1.35. The molecule has 1 rings (SSSR count). The van der Waals surface area contributed by atoms with Crippen LogP contribution in [-0.4, -0.2) is 78.3 Å². The van der Waals surface area contributed by atoms with Crippen LogP contribution >= 0.6 is 11.8 Å². The van der Waals surface area contributed by atoms with Gasteiger partial charge in [0.1, 0.15) is 12.1 Å². The predicted molar refractivity (Wildman–Crippen MR) is 108 cm³/mol. The number of ether oxygens (including phenoxy) is 1. The van der Waals surface area contributed by atoms with Crippen LogP contribution in [0.5, 0.6) is 0 Å². The number of nitrogens with one attached hydrogen (secondary N) is 2. The van der Waals surface area contributed by atoms with E-state index in [-0.39, 0.29) is 43.0 Å². The summed E-state index contributed by atoms with van der Waals surface area (Å²) in [7, 11) is 1.22. The van der Waals surface area contributed by atoms with Crippen LogP contribution in [0.1, 0.15) is 39.5 Å². The molecule has 1 fully saturated rings. The molecule has 11 heteroatoms. The van der Waals surface area contributed by atoms with Gasteiger partial charge in [-0.2, -0.15) is 11.8 Å². The number of piperidine rings is 1. The summed E-state index contributed by atoms with van der Waals surface area (Å²) >= 11 is 1.37. The summed E-state index contributed by atoms with van der Waals surface area (Å²) in [5.41, 5.74) is 0. The first-order chi connectivity index (χ1) is 14.1. The highest BCUT2D eigenvalue weighted by Crippen LogP contribution is 2.20. The van der Waals surface area contributed by atoms with Gasteiger partial charge in [-0.15, -0.1) is 0 Å². The first kappa shape index (κ1) is 25.7. The van der Waals surface area contributed by atoms with E-state index in [4.69, 9.17) is 4.74 Å². The van der Waals surface area contributed by atoms with Crippen LogP contribution in [0.15, 0.2) is 0 Å². The van der Waals surface area contributed by atoms with Crippen LogP contribution in [0.3, 0.4) is 0 Å².